The van der Waals surface area contributed by atoms with E-state index < -0.39 is 0 Å². The molecule has 28 heavy (non-hydrogen) atoms. The van der Waals surface area contributed by atoms with Crippen molar-refractivity contribution in [3.05, 3.63) is 65.7 Å². The Balaban J connectivity index is 1.34. The average molecular weight is 380 g/mol. The molecule has 5 nitrogen and oxygen atoms in total. The molecule has 0 unspecified atom stereocenters. The molecule has 1 N–H and O–H groups in total. The summed E-state index contributed by atoms with van der Waals surface area (Å²) in [6.45, 7) is 3.46. The maximum Gasteiger partial charge on any atom is 0.258 e. The average Bonchev–Trinajstić information content (AvgIpc) is 2.73. The lowest BCUT2D eigenvalue weighted by Crippen LogP contribution is -2.47. The van der Waals surface area contributed by atoms with Crippen LogP contribution in [0.15, 0.2) is 54.6 Å². The van der Waals surface area contributed by atoms with E-state index in [4.69, 9.17) is 4.74 Å². The molecular weight excluding hydrogens is 352 g/mol. The third-order valence-electron chi connectivity index (χ3n) is 5.07. The van der Waals surface area contributed by atoms with E-state index in [0.717, 1.165) is 19.3 Å². The summed E-state index contributed by atoms with van der Waals surface area (Å²) in [5.41, 5.74) is 2.42. The number of para-hydroxylation sites is 1. The molecule has 3 rings (SSSR count). The van der Waals surface area contributed by atoms with Gasteiger partial charge in [0.1, 0.15) is 5.75 Å². The predicted molar refractivity (Wildman–Crippen MR) is 109 cm³/mol. The Morgan fingerprint density at radius 1 is 1.04 bits per heavy atom. The number of benzene rings is 2. The van der Waals surface area contributed by atoms with Crippen LogP contribution in [0, 0.1) is 6.92 Å². The fourth-order valence-electron chi connectivity index (χ4n) is 3.37. The van der Waals surface area contributed by atoms with E-state index in [9.17, 15) is 9.59 Å². The lowest BCUT2D eigenvalue weighted by atomic mass is 10.0. The zero-order valence-electron chi connectivity index (χ0n) is 16.4. The summed E-state index contributed by atoms with van der Waals surface area (Å²) in [4.78, 5) is 26.4. The number of ether oxygens (including phenoxy) is 1. The molecule has 0 saturated carbocycles. The molecule has 1 fully saturated rings. The quantitative estimate of drug-likeness (QED) is 0.803. The molecule has 0 bridgehead atoms. The van der Waals surface area contributed by atoms with Crippen molar-refractivity contribution in [1.82, 2.24) is 10.2 Å². The SMILES string of the molecule is Cc1ccc(CCC(=O)N2CCC(NC(=O)COc3ccccc3)CC2)cc1. The largest absolute Gasteiger partial charge is 0.484 e. The number of piperidine rings is 1. The Morgan fingerprint density at radius 3 is 2.39 bits per heavy atom. The molecule has 0 radical (unpaired) electrons. The third kappa shape index (κ3) is 6.12. The second-order valence-corrected chi connectivity index (χ2v) is 7.31. The minimum absolute atomic E-state index is 0.0136. The summed E-state index contributed by atoms with van der Waals surface area (Å²) in [7, 11) is 0. The van der Waals surface area contributed by atoms with Gasteiger partial charge in [-0.05, 0) is 43.9 Å². The van der Waals surface area contributed by atoms with Gasteiger partial charge in [-0.25, -0.2) is 0 Å². The number of nitrogens with one attached hydrogen (secondary N) is 1. The molecule has 5 heteroatoms. The minimum Gasteiger partial charge on any atom is -0.484 e. The molecule has 2 amide bonds. The molecule has 2 aromatic rings. The van der Waals surface area contributed by atoms with E-state index in [1.807, 2.05) is 35.2 Å². The fraction of sp³-hybridized carbons (Fsp3) is 0.391. The molecule has 1 heterocycles. The maximum absolute atomic E-state index is 12.4. The van der Waals surface area contributed by atoms with Crippen molar-refractivity contribution >= 4 is 11.8 Å². The van der Waals surface area contributed by atoms with E-state index >= 15 is 0 Å². The first kappa shape index (κ1) is 19.9. The van der Waals surface area contributed by atoms with Crippen LogP contribution in [0.2, 0.25) is 0 Å². The molecule has 148 valence electrons. The highest BCUT2D eigenvalue weighted by Gasteiger charge is 2.23. The van der Waals surface area contributed by atoms with Crippen molar-refractivity contribution in [1.29, 1.82) is 0 Å². The summed E-state index contributed by atoms with van der Waals surface area (Å²) in [6.07, 6.45) is 2.87. The van der Waals surface area contributed by atoms with E-state index in [-0.39, 0.29) is 24.5 Å². The van der Waals surface area contributed by atoms with Gasteiger partial charge < -0.3 is 15.0 Å². The van der Waals surface area contributed by atoms with Gasteiger partial charge in [0, 0.05) is 25.6 Å². The second kappa shape index (κ2) is 9.93. The highest BCUT2D eigenvalue weighted by atomic mass is 16.5. The van der Waals surface area contributed by atoms with Crippen LogP contribution in [-0.4, -0.2) is 42.5 Å². The number of likely N-dealkylation sites (tertiary alicyclic amines) is 1. The molecule has 1 aliphatic heterocycles. The molecule has 1 aliphatic rings. The highest BCUT2D eigenvalue weighted by Crippen LogP contribution is 2.14. The van der Waals surface area contributed by atoms with Crippen molar-refractivity contribution < 1.29 is 14.3 Å². The number of amides is 2. The molecule has 0 atom stereocenters. The van der Waals surface area contributed by atoms with Crippen molar-refractivity contribution in [2.75, 3.05) is 19.7 Å². The lowest BCUT2D eigenvalue weighted by Gasteiger charge is -2.32. The standard InChI is InChI=1S/C23H28N2O3/c1-18-7-9-19(10-8-18)11-12-23(27)25-15-13-20(14-16-25)24-22(26)17-28-21-5-3-2-4-6-21/h2-10,20H,11-17H2,1H3,(H,24,26). The van der Waals surface area contributed by atoms with Crippen LogP contribution in [0.5, 0.6) is 5.75 Å². The maximum atomic E-state index is 12.4. The Labute approximate surface area is 166 Å². The summed E-state index contributed by atoms with van der Waals surface area (Å²) >= 11 is 0. The van der Waals surface area contributed by atoms with E-state index in [2.05, 4.69) is 36.5 Å². The number of hydrogen-bond acceptors (Lipinski definition) is 3. The zero-order valence-corrected chi connectivity index (χ0v) is 16.4. The Bertz CT molecular complexity index is 766. The van der Waals surface area contributed by atoms with Crippen molar-refractivity contribution in [2.24, 2.45) is 0 Å². The smallest absolute Gasteiger partial charge is 0.258 e. The molecule has 1 saturated heterocycles. The number of carbonyl (C=O) groups is 2. The first-order valence-corrected chi connectivity index (χ1v) is 9.90. The van der Waals surface area contributed by atoms with Crippen LogP contribution in [-0.2, 0) is 16.0 Å². The van der Waals surface area contributed by atoms with Crippen LogP contribution < -0.4 is 10.1 Å². The Hall–Kier alpha value is -2.82. The van der Waals surface area contributed by atoms with E-state index in [1.165, 1.54) is 11.1 Å². The summed E-state index contributed by atoms with van der Waals surface area (Å²) in [5, 5.41) is 3.01. The summed E-state index contributed by atoms with van der Waals surface area (Å²) < 4.78 is 5.47. The van der Waals surface area contributed by atoms with Crippen LogP contribution in [0.4, 0.5) is 0 Å². The second-order valence-electron chi connectivity index (χ2n) is 7.31. The summed E-state index contributed by atoms with van der Waals surface area (Å²) in [6, 6.07) is 17.7. The third-order valence-corrected chi connectivity index (χ3v) is 5.07. The van der Waals surface area contributed by atoms with Gasteiger partial charge in [0.05, 0.1) is 0 Å². The van der Waals surface area contributed by atoms with E-state index in [1.54, 1.807) is 0 Å². The van der Waals surface area contributed by atoms with Gasteiger partial charge in [0.25, 0.3) is 5.91 Å². The van der Waals surface area contributed by atoms with Crippen molar-refractivity contribution in [3.63, 3.8) is 0 Å². The van der Waals surface area contributed by atoms with Crippen LogP contribution in [0.3, 0.4) is 0 Å². The van der Waals surface area contributed by atoms with Crippen LogP contribution in [0.25, 0.3) is 0 Å². The van der Waals surface area contributed by atoms with Crippen LogP contribution in [0.1, 0.15) is 30.4 Å². The minimum atomic E-state index is -0.118. The van der Waals surface area contributed by atoms with Gasteiger partial charge in [-0.15, -0.1) is 0 Å². The first-order valence-electron chi connectivity index (χ1n) is 9.90. The fourth-order valence-corrected chi connectivity index (χ4v) is 3.37. The number of aryl methyl sites for hydroxylation is 2. The molecule has 2 aromatic carbocycles. The van der Waals surface area contributed by atoms with Gasteiger partial charge in [-0.3, -0.25) is 9.59 Å². The van der Waals surface area contributed by atoms with E-state index in [0.29, 0.717) is 25.3 Å². The van der Waals surface area contributed by atoms with Gasteiger partial charge in [0.15, 0.2) is 6.61 Å². The normalized spacial score (nSPS) is 14.5. The molecule has 0 aromatic heterocycles. The summed E-state index contributed by atoms with van der Waals surface area (Å²) in [5.74, 6) is 0.761. The van der Waals surface area contributed by atoms with Crippen LogP contribution >= 0.6 is 0 Å². The lowest BCUT2D eigenvalue weighted by molar-refractivity contribution is -0.132. The monoisotopic (exact) mass is 380 g/mol. The predicted octanol–water partition coefficient (Wildman–Crippen LogP) is 3.11. The molecule has 0 spiro atoms. The zero-order chi connectivity index (χ0) is 19.8. The Kier molecular flexibility index (Phi) is 7.06. The number of hydrogen-bond donors (Lipinski definition) is 1. The Morgan fingerprint density at radius 2 is 1.71 bits per heavy atom. The highest BCUT2D eigenvalue weighted by molar-refractivity contribution is 5.78. The van der Waals surface area contributed by atoms with Gasteiger partial charge in [-0.2, -0.15) is 0 Å². The molecular formula is C23H28N2O3. The topological polar surface area (TPSA) is 58.6 Å². The van der Waals surface area contributed by atoms with Gasteiger partial charge >= 0.3 is 0 Å². The van der Waals surface area contributed by atoms with Gasteiger partial charge in [-0.1, -0.05) is 48.0 Å². The molecule has 0 aliphatic carbocycles. The van der Waals surface area contributed by atoms with Gasteiger partial charge in [0.2, 0.25) is 5.91 Å². The van der Waals surface area contributed by atoms with Crippen molar-refractivity contribution in [2.45, 2.75) is 38.6 Å². The first-order chi connectivity index (χ1) is 13.6. The number of carbonyl (C=O) groups excluding carboxylic acids is 2. The van der Waals surface area contributed by atoms with Crippen molar-refractivity contribution in [3.8, 4) is 5.75 Å². The number of rotatable bonds is 7. The number of nitrogens with zero attached hydrogens (tertiary/aromatic N) is 1.